The van der Waals surface area contributed by atoms with Crippen molar-refractivity contribution in [2.75, 3.05) is 24.9 Å². The van der Waals surface area contributed by atoms with Gasteiger partial charge in [0.05, 0.1) is 19.9 Å². The normalized spacial score (nSPS) is 10.0. The molecule has 22 heavy (non-hydrogen) atoms. The number of hydrogen-bond donors (Lipinski definition) is 2. The van der Waals surface area contributed by atoms with Crippen LogP contribution in [0.5, 0.6) is 11.5 Å². The van der Waals surface area contributed by atoms with E-state index in [4.69, 9.17) is 9.47 Å². The first-order valence-corrected chi connectivity index (χ1v) is 7.39. The van der Waals surface area contributed by atoms with E-state index in [1.165, 1.54) is 7.11 Å². The lowest BCUT2D eigenvalue weighted by molar-refractivity contribution is 0.262. The monoisotopic (exact) mass is 364 g/mol. The van der Waals surface area contributed by atoms with Crippen molar-refractivity contribution in [3.63, 3.8) is 0 Å². The zero-order chi connectivity index (χ0) is 16.1. The fourth-order valence-electron chi connectivity index (χ4n) is 1.94. The summed E-state index contributed by atoms with van der Waals surface area (Å²) in [6.07, 6.45) is 0. The lowest BCUT2D eigenvalue weighted by Gasteiger charge is -2.13. The molecule has 0 bridgehead atoms. The van der Waals surface area contributed by atoms with Gasteiger partial charge in [-0.2, -0.15) is 0 Å². The Kier molecular flexibility index (Phi) is 5.27. The summed E-state index contributed by atoms with van der Waals surface area (Å²) >= 11 is 3.39. The number of rotatable bonds is 4. The summed E-state index contributed by atoms with van der Waals surface area (Å²) in [5, 5.41) is 5.57. The van der Waals surface area contributed by atoms with Crippen molar-refractivity contribution in [2.24, 2.45) is 0 Å². The standard InChI is InChI=1S/C16H17BrN2O3/c1-10-8-11(17)4-6-13(10)18-16(20)19-14-7-5-12(21-2)9-15(14)22-3/h4-9H,1-3H3,(H2,18,19,20). The van der Waals surface area contributed by atoms with Gasteiger partial charge < -0.3 is 20.1 Å². The third-order valence-corrected chi connectivity index (χ3v) is 3.59. The summed E-state index contributed by atoms with van der Waals surface area (Å²) in [6, 6.07) is 10.5. The van der Waals surface area contributed by atoms with Gasteiger partial charge in [-0.3, -0.25) is 0 Å². The van der Waals surface area contributed by atoms with Gasteiger partial charge in [-0.25, -0.2) is 4.79 Å². The number of methoxy groups -OCH3 is 2. The van der Waals surface area contributed by atoms with E-state index < -0.39 is 0 Å². The topological polar surface area (TPSA) is 59.6 Å². The molecule has 6 heteroatoms. The van der Waals surface area contributed by atoms with Crippen LogP contribution in [0.2, 0.25) is 0 Å². The molecule has 5 nitrogen and oxygen atoms in total. The van der Waals surface area contributed by atoms with Gasteiger partial charge in [-0.05, 0) is 42.8 Å². The molecular formula is C16H17BrN2O3. The molecule has 2 N–H and O–H groups in total. The Morgan fingerprint density at radius 3 is 2.32 bits per heavy atom. The number of ether oxygens (including phenoxy) is 2. The van der Waals surface area contributed by atoms with Gasteiger partial charge in [-0.1, -0.05) is 15.9 Å². The van der Waals surface area contributed by atoms with E-state index in [1.807, 2.05) is 25.1 Å². The van der Waals surface area contributed by atoms with Crippen LogP contribution in [0.3, 0.4) is 0 Å². The third-order valence-electron chi connectivity index (χ3n) is 3.09. The summed E-state index contributed by atoms with van der Waals surface area (Å²) < 4.78 is 11.3. The van der Waals surface area contributed by atoms with Gasteiger partial charge in [0.2, 0.25) is 0 Å². The van der Waals surface area contributed by atoms with E-state index >= 15 is 0 Å². The van der Waals surface area contributed by atoms with Crippen molar-refractivity contribution in [2.45, 2.75) is 6.92 Å². The van der Waals surface area contributed by atoms with Crippen molar-refractivity contribution in [3.8, 4) is 11.5 Å². The van der Waals surface area contributed by atoms with Crippen molar-refractivity contribution < 1.29 is 14.3 Å². The number of hydrogen-bond acceptors (Lipinski definition) is 3. The lowest BCUT2D eigenvalue weighted by Crippen LogP contribution is -2.20. The number of benzene rings is 2. The minimum absolute atomic E-state index is 0.339. The van der Waals surface area contributed by atoms with E-state index in [-0.39, 0.29) is 6.03 Å². The minimum atomic E-state index is -0.339. The molecule has 0 unspecified atom stereocenters. The number of carbonyl (C=O) groups is 1. The van der Waals surface area contributed by atoms with Gasteiger partial charge in [-0.15, -0.1) is 0 Å². The highest BCUT2D eigenvalue weighted by Crippen LogP contribution is 2.29. The molecule has 0 saturated heterocycles. The quantitative estimate of drug-likeness (QED) is 0.843. The van der Waals surface area contributed by atoms with E-state index in [9.17, 15) is 4.79 Å². The fourth-order valence-corrected chi connectivity index (χ4v) is 2.42. The van der Waals surface area contributed by atoms with Gasteiger partial charge in [0.15, 0.2) is 0 Å². The predicted octanol–water partition coefficient (Wildman–Crippen LogP) is 4.42. The Labute approximate surface area is 137 Å². The summed E-state index contributed by atoms with van der Waals surface area (Å²) in [7, 11) is 3.11. The predicted molar refractivity (Wildman–Crippen MR) is 91.1 cm³/mol. The molecule has 2 aromatic carbocycles. The SMILES string of the molecule is COc1ccc(NC(=O)Nc2ccc(Br)cc2C)c(OC)c1. The number of amides is 2. The summed E-state index contributed by atoms with van der Waals surface area (Å²) in [4.78, 5) is 12.1. The van der Waals surface area contributed by atoms with E-state index in [2.05, 4.69) is 26.6 Å². The Morgan fingerprint density at radius 1 is 1.00 bits per heavy atom. The Hall–Kier alpha value is -2.21. The maximum absolute atomic E-state index is 12.1. The van der Waals surface area contributed by atoms with Crippen LogP contribution in [-0.2, 0) is 0 Å². The molecule has 0 spiro atoms. The van der Waals surface area contributed by atoms with Crippen LogP contribution >= 0.6 is 15.9 Å². The van der Waals surface area contributed by atoms with Gasteiger partial charge in [0.1, 0.15) is 11.5 Å². The fraction of sp³-hybridized carbons (Fsp3) is 0.188. The second-order valence-corrected chi connectivity index (χ2v) is 5.52. The molecule has 0 aliphatic carbocycles. The first-order chi connectivity index (χ1) is 10.5. The van der Waals surface area contributed by atoms with Crippen molar-refractivity contribution >= 4 is 33.3 Å². The molecule has 0 radical (unpaired) electrons. The molecule has 0 saturated carbocycles. The Bertz CT molecular complexity index is 689. The van der Waals surface area contributed by atoms with Crippen LogP contribution in [-0.4, -0.2) is 20.3 Å². The maximum atomic E-state index is 12.1. The molecule has 0 heterocycles. The highest BCUT2D eigenvalue weighted by atomic mass is 79.9. The first-order valence-electron chi connectivity index (χ1n) is 6.59. The molecule has 2 aromatic rings. The number of urea groups is 1. The molecular weight excluding hydrogens is 348 g/mol. The number of halogens is 1. The lowest BCUT2D eigenvalue weighted by atomic mass is 10.2. The summed E-state index contributed by atoms with van der Waals surface area (Å²) in [6.45, 7) is 1.92. The highest BCUT2D eigenvalue weighted by molar-refractivity contribution is 9.10. The zero-order valence-corrected chi connectivity index (χ0v) is 14.2. The van der Waals surface area contributed by atoms with Gasteiger partial charge in [0, 0.05) is 16.2 Å². The number of nitrogens with one attached hydrogen (secondary N) is 2. The van der Waals surface area contributed by atoms with Crippen LogP contribution in [0.4, 0.5) is 16.2 Å². The largest absolute Gasteiger partial charge is 0.497 e. The minimum Gasteiger partial charge on any atom is -0.497 e. The molecule has 0 aliphatic heterocycles. The Balaban J connectivity index is 2.12. The highest BCUT2D eigenvalue weighted by Gasteiger charge is 2.10. The molecule has 0 aliphatic rings. The van der Waals surface area contributed by atoms with Crippen molar-refractivity contribution in [3.05, 3.63) is 46.4 Å². The van der Waals surface area contributed by atoms with Gasteiger partial charge >= 0.3 is 6.03 Å². The van der Waals surface area contributed by atoms with Crippen molar-refractivity contribution in [1.82, 2.24) is 0 Å². The average Bonchev–Trinajstić information content (AvgIpc) is 2.50. The summed E-state index contributed by atoms with van der Waals surface area (Å²) in [5.74, 6) is 1.19. The average molecular weight is 365 g/mol. The number of anilines is 2. The number of aryl methyl sites for hydroxylation is 1. The van der Waals surface area contributed by atoms with Crippen LogP contribution < -0.4 is 20.1 Å². The molecule has 116 valence electrons. The first kappa shape index (κ1) is 16.2. The molecule has 0 aromatic heterocycles. The van der Waals surface area contributed by atoms with Gasteiger partial charge in [0.25, 0.3) is 0 Å². The molecule has 0 atom stereocenters. The zero-order valence-electron chi connectivity index (χ0n) is 12.6. The van der Waals surface area contributed by atoms with Crippen LogP contribution in [0, 0.1) is 6.92 Å². The molecule has 0 fully saturated rings. The third kappa shape index (κ3) is 3.92. The van der Waals surface area contributed by atoms with E-state index in [1.54, 1.807) is 25.3 Å². The molecule has 2 rings (SSSR count). The van der Waals surface area contributed by atoms with Crippen LogP contribution in [0.15, 0.2) is 40.9 Å². The van der Waals surface area contributed by atoms with E-state index in [0.29, 0.717) is 17.2 Å². The van der Waals surface area contributed by atoms with Crippen molar-refractivity contribution in [1.29, 1.82) is 0 Å². The van der Waals surface area contributed by atoms with Crippen LogP contribution in [0.25, 0.3) is 0 Å². The maximum Gasteiger partial charge on any atom is 0.323 e. The summed E-state index contributed by atoms with van der Waals surface area (Å²) in [5.41, 5.74) is 2.27. The molecule has 2 amide bonds. The second-order valence-electron chi connectivity index (χ2n) is 4.60. The van der Waals surface area contributed by atoms with E-state index in [0.717, 1.165) is 15.7 Å². The van der Waals surface area contributed by atoms with Crippen LogP contribution in [0.1, 0.15) is 5.56 Å². The second kappa shape index (κ2) is 7.17. The number of carbonyl (C=O) groups excluding carboxylic acids is 1. The Morgan fingerprint density at radius 2 is 1.68 bits per heavy atom. The smallest absolute Gasteiger partial charge is 0.323 e.